The Morgan fingerprint density at radius 3 is 2.46 bits per heavy atom. The number of hydrogen-bond acceptors (Lipinski definition) is 2. The molecule has 0 aromatic heterocycles. The quantitative estimate of drug-likeness (QED) is 0.702. The molecule has 0 unspecified atom stereocenters. The average Bonchev–Trinajstić information content (AvgIpc) is 3.10. The van der Waals surface area contributed by atoms with Crippen LogP contribution < -0.4 is 4.90 Å². The highest BCUT2D eigenvalue weighted by Crippen LogP contribution is 2.34. The fourth-order valence-electron chi connectivity index (χ4n) is 4.17. The Morgan fingerprint density at radius 1 is 1.00 bits per heavy atom. The number of carbonyl (C=O) groups is 1. The largest absolute Gasteiger partial charge is 0.416 e. The van der Waals surface area contributed by atoms with E-state index in [2.05, 4.69) is 4.90 Å². The lowest BCUT2D eigenvalue weighted by Gasteiger charge is -2.38. The lowest BCUT2D eigenvalue weighted by atomic mass is 10.0. The van der Waals surface area contributed by atoms with Gasteiger partial charge >= 0.3 is 6.18 Å². The van der Waals surface area contributed by atoms with Gasteiger partial charge in [0, 0.05) is 36.9 Å². The van der Waals surface area contributed by atoms with E-state index in [-0.39, 0.29) is 23.3 Å². The van der Waals surface area contributed by atoms with Crippen molar-refractivity contribution in [1.29, 1.82) is 0 Å². The topological polar surface area (TPSA) is 23.6 Å². The Labute approximate surface area is 160 Å². The van der Waals surface area contributed by atoms with E-state index in [9.17, 15) is 22.4 Å². The summed E-state index contributed by atoms with van der Waals surface area (Å²) in [6.45, 7) is 1.81. The monoisotopic (exact) mass is 392 g/mol. The molecule has 3 nitrogen and oxygen atoms in total. The van der Waals surface area contributed by atoms with E-state index in [0.29, 0.717) is 13.1 Å². The summed E-state index contributed by atoms with van der Waals surface area (Å²) in [4.78, 5) is 16.5. The normalized spacial score (nSPS) is 17.7. The van der Waals surface area contributed by atoms with Crippen molar-refractivity contribution in [1.82, 2.24) is 4.90 Å². The van der Waals surface area contributed by atoms with E-state index in [0.717, 1.165) is 49.2 Å². The Bertz CT molecular complexity index is 888. The first-order valence-electron chi connectivity index (χ1n) is 9.34. The van der Waals surface area contributed by atoms with Crippen LogP contribution in [0, 0.1) is 5.82 Å². The molecule has 148 valence electrons. The van der Waals surface area contributed by atoms with E-state index in [1.807, 2.05) is 0 Å². The van der Waals surface area contributed by atoms with Gasteiger partial charge in [0.25, 0.3) is 5.91 Å². The Hall–Kier alpha value is -2.57. The van der Waals surface area contributed by atoms with Gasteiger partial charge in [-0.2, -0.15) is 13.2 Å². The van der Waals surface area contributed by atoms with Gasteiger partial charge in [0.15, 0.2) is 0 Å². The summed E-state index contributed by atoms with van der Waals surface area (Å²) in [5.41, 5.74) is 1.30. The lowest BCUT2D eigenvalue weighted by Crippen LogP contribution is -2.46. The zero-order valence-corrected chi connectivity index (χ0v) is 15.2. The molecule has 1 amide bonds. The molecule has 0 bridgehead atoms. The maximum atomic E-state index is 13.4. The number of anilines is 1. The Morgan fingerprint density at radius 2 is 1.75 bits per heavy atom. The zero-order chi connectivity index (χ0) is 19.9. The number of benzene rings is 2. The van der Waals surface area contributed by atoms with Gasteiger partial charge in [-0.05, 0) is 61.2 Å². The van der Waals surface area contributed by atoms with Gasteiger partial charge in [0.1, 0.15) is 5.82 Å². The number of alkyl halides is 3. The minimum atomic E-state index is -4.47. The number of piperidine rings is 1. The summed E-state index contributed by atoms with van der Waals surface area (Å²) < 4.78 is 52.1. The van der Waals surface area contributed by atoms with E-state index in [1.54, 1.807) is 17.0 Å². The van der Waals surface area contributed by atoms with Gasteiger partial charge in [0.2, 0.25) is 0 Å². The Kier molecular flexibility index (Phi) is 4.77. The fraction of sp³-hybridized carbons (Fsp3) is 0.381. The van der Waals surface area contributed by atoms with Crippen molar-refractivity contribution in [3.05, 3.63) is 65.0 Å². The van der Waals surface area contributed by atoms with Crippen LogP contribution in [0.15, 0.2) is 42.5 Å². The standard InChI is InChI=1S/C21H20F4N2O/c22-17-4-5-19-14(13-17)6-11-27(19)18-7-9-26(10-8-18)20(28)15-2-1-3-16(12-15)21(23,24)25/h1-5,12-13,18H,6-11H2. The van der Waals surface area contributed by atoms with E-state index in [1.165, 1.54) is 18.2 Å². The maximum absolute atomic E-state index is 13.4. The van der Waals surface area contributed by atoms with Crippen LogP contribution >= 0.6 is 0 Å². The summed E-state index contributed by atoms with van der Waals surface area (Å²) in [6, 6.07) is 9.66. The van der Waals surface area contributed by atoms with Crippen LogP contribution in [0.5, 0.6) is 0 Å². The fourth-order valence-corrected chi connectivity index (χ4v) is 4.17. The van der Waals surface area contributed by atoms with Crippen molar-refractivity contribution < 1.29 is 22.4 Å². The van der Waals surface area contributed by atoms with E-state index in [4.69, 9.17) is 0 Å². The molecule has 2 aliphatic rings. The molecule has 0 radical (unpaired) electrons. The molecule has 1 saturated heterocycles. The first kappa shape index (κ1) is 18.8. The van der Waals surface area contributed by atoms with E-state index >= 15 is 0 Å². The molecule has 0 aliphatic carbocycles. The highest BCUT2D eigenvalue weighted by Gasteiger charge is 2.33. The SMILES string of the molecule is O=C(c1cccc(C(F)(F)F)c1)N1CCC(N2CCc3cc(F)ccc32)CC1. The highest BCUT2D eigenvalue weighted by molar-refractivity contribution is 5.94. The molecule has 0 atom stereocenters. The second-order valence-corrected chi connectivity index (χ2v) is 7.32. The van der Waals surface area contributed by atoms with Crippen LogP contribution in [0.3, 0.4) is 0 Å². The number of carbonyl (C=O) groups excluding carboxylic acids is 1. The predicted octanol–water partition coefficient (Wildman–Crippen LogP) is 4.51. The van der Waals surface area contributed by atoms with Gasteiger partial charge in [-0.25, -0.2) is 4.39 Å². The highest BCUT2D eigenvalue weighted by atomic mass is 19.4. The minimum Gasteiger partial charge on any atom is -0.368 e. The maximum Gasteiger partial charge on any atom is 0.416 e. The molecule has 0 saturated carbocycles. The van der Waals surface area contributed by atoms with Crippen LogP contribution in [0.1, 0.15) is 34.3 Å². The van der Waals surface area contributed by atoms with Crippen molar-refractivity contribution in [3.8, 4) is 0 Å². The number of likely N-dealkylation sites (tertiary alicyclic amines) is 1. The van der Waals surface area contributed by atoms with E-state index < -0.39 is 11.7 Å². The average molecular weight is 392 g/mol. The van der Waals surface area contributed by atoms with Gasteiger partial charge in [0.05, 0.1) is 5.56 Å². The summed E-state index contributed by atoms with van der Waals surface area (Å²) >= 11 is 0. The summed E-state index contributed by atoms with van der Waals surface area (Å²) in [6.07, 6.45) is -2.19. The number of halogens is 4. The molecule has 2 aromatic carbocycles. The summed E-state index contributed by atoms with van der Waals surface area (Å²) in [7, 11) is 0. The molecular formula is C21H20F4N2O. The van der Waals surface area contributed by atoms with Crippen molar-refractivity contribution in [2.45, 2.75) is 31.5 Å². The molecule has 28 heavy (non-hydrogen) atoms. The number of hydrogen-bond donors (Lipinski definition) is 0. The van der Waals surface area contributed by atoms with Crippen LogP contribution in [0.2, 0.25) is 0 Å². The zero-order valence-electron chi connectivity index (χ0n) is 15.2. The Balaban J connectivity index is 1.42. The second kappa shape index (κ2) is 7.11. The third kappa shape index (κ3) is 3.57. The smallest absolute Gasteiger partial charge is 0.368 e. The number of fused-ring (bicyclic) bond motifs is 1. The molecule has 2 aliphatic heterocycles. The van der Waals surface area contributed by atoms with Crippen LogP contribution in [-0.2, 0) is 12.6 Å². The van der Waals surface area contributed by atoms with Gasteiger partial charge in [-0.1, -0.05) is 6.07 Å². The molecule has 0 spiro atoms. The van der Waals surface area contributed by atoms with Gasteiger partial charge < -0.3 is 9.80 Å². The number of rotatable bonds is 2. The molecule has 2 heterocycles. The second-order valence-electron chi connectivity index (χ2n) is 7.32. The molecule has 1 fully saturated rings. The molecule has 4 rings (SSSR count). The number of nitrogens with zero attached hydrogens (tertiary/aromatic N) is 2. The van der Waals surface area contributed by atoms with Gasteiger partial charge in [-0.15, -0.1) is 0 Å². The molecule has 2 aromatic rings. The molecular weight excluding hydrogens is 372 g/mol. The van der Waals surface area contributed by atoms with Crippen molar-refractivity contribution in [3.63, 3.8) is 0 Å². The first-order valence-corrected chi connectivity index (χ1v) is 9.34. The first-order chi connectivity index (χ1) is 13.3. The lowest BCUT2D eigenvalue weighted by molar-refractivity contribution is -0.137. The van der Waals surface area contributed by atoms with Crippen LogP contribution in [0.4, 0.5) is 23.2 Å². The molecule has 7 heteroatoms. The third-order valence-corrected chi connectivity index (χ3v) is 5.60. The third-order valence-electron chi connectivity index (χ3n) is 5.60. The minimum absolute atomic E-state index is 0.0651. The van der Waals surface area contributed by atoms with Gasteiger partial charge in [-0.3, -0.25) is 4.79 Å². The summed E-state index contributed by atoms with van der Waals surface area (Å²) in [5.74, 6) is -0.601. The van der Waals surface area contributed by atoms with Crippen molar-refractivity contribution >= 4 is 11.6 Å². The summed E-state index contributed by atoms with van der Waals surface area (Å²) in [5, 5.41) is 0. The van der Waals surface area contributed by atoms with Crippen molar-refractivity contribution in [2.24, 2.45) is 0 Å². The number of amides is 1. The predicted molar refractivity (Wildman–Crippen MR) is 97.8 cm³/mol. The van der Waals surface area contributed by atoms with Crippen LogP contribution in [-0.4, -0.2) is 36.5 Å². The van der Waals surface area contributed by atoms with Crippen LogP contribution in [0.25, 0.3) is 0 Å². The van der Waals surface area contributed by atoms with Crippen molar-refractivity contribution in [2.75, 3.05) is 24.5 Å². The molecule has 0 N–H and O–H groups in total.